The van der Waals surface area contributed by atoms with Crippen molar-refractivity contribution in [3.8, 4) is 0 Å². The molecule has 0 unspecified atom stereocenters. The number of hydrogen-bond acceptors (Lipinski definition) is 5. The molecule has 1 N–H and O–H groups in total. The standard InChI is InChI=1S/C17H15BrN2O5/c1-10-3-4-11(2)14(7-10)19-16(21)9-25-17(22)12-5-6-13(18)15(8-12)20(23)24/h3-8H,9H2,1-2H3,(H,19,21). The van der Waals surface area contributed by atoms with E-state index >= 15 is 0 Å². The van der Waals surface area contributed by atoms with Gasteiger partial charge in [0.05, 0.1) is 15.0 Å². The molecular weight excluding hydrogens is 392 g/mol. The molecule has 0 aliphatic rings. The third kappa shape index (κ3) is 4.87. The molecule has 0 aliphatic carbocycles. The second kappa shape index (κ2) is 7.89. The number of ether oxygens (including phenoxy) is 1. The van der Waals surface area contributed by atoms with Crippen molar-refractivity contribution in [2.24, 2.45) is 0 Å². The van der Waals surface area contributed by atoms with Gasteiger partial charge in [0.1, 0.15) is 0 Å². The number of aryl methyl sites for hydroxylation is 2. The zero-order valence-corrected chi connectivity index (χ0v) is 15.1. The van der Waals surface area contributed by atoms with Gasteiger partial charge < -0.3 is 10.1 Å². The third-order valence-electron chi connectivity index (χ3n) is 3.38. The van der Waals surface area contributed by atoms with Crippen molar-refractivity contribution in [1.29, 1.82) is 0 Å². The van der Waals surface area contributed by atoms with Gasteiger partial charge in [-0.15, -0.1) is 0 Å². The minimum atomic E-state index is -0.813. The minimum Gasteiger partial charge on any atom is -0.452 e. The van der Waals surface area contributed by atoms with Gasteiger partial charge in [-0.2, -0.15) is 0 Å². The van der Waals surface area contributed by atoms with Gasteiger partial charge in [0.15, 0.2) is 6.61 Å². The van der Waals surface area contributed by atoms with E-state index in [0.29, 0.717) is 5.69 Å². The molecule has 0 aromatic heterocycles. The van der Waals surface area contributed by atoms with Crippen molar-refractivity contribution in [3.63, 3.8) is 0 Å². The molecule has 0 heterocycles. The first-order valence-electron chi connectivity index (χ1n) is 7.26. The first kappa shape index (κ1) is 18.6. The first-order chi connectivity index (χ1) is 11.8. The van der Waals surface area contributed by atoms with Crippen LogP contribution in [-0.4, -0.2) is 23.4 Å². The summed E-state index contributed by atoms with van der Waals surface area (Å²) in [5.41, 5.74) is 2.25. The molecular formula is C17H15BrN2O5. The summed E-state index contributed by atoms with van der Waals surface area (Å²) in [4.78, 5) is 34.2. The van der Waals surface area contributed by atoms with Gasteiger partial charge >= 0.3 is 5.97 Å². The number of nitrogens with zero attached hydrogens (tertiary/aromatic N) is 1. The zero-order chi connectivity index (χ0) is 18.6. The quantitative estimate of drug-likeness (QED) is 0.462. The summed E-state index contributed by atoms with van der Waals surface area (Å²) in [7, 11) is 0. The summed E-state index contributed by atoms with van der Waals surface area (Å²) in [6.45, 7) is 3.26. The predicted molar refractivity (Wildman–Crippen MR) is 95.6 cm³/mol. The topological polar surface area (TPSA) is 98.5 Å². The Bertz CT molecular complexity index is 851. The van der Waals surface area contributed by atoms with Gasteiger partial charge in [-0.25, -0.2) is 4.79 Å². The molecule has 2 aromatic rings. The Morgan fingerprint density at radius 1 is 1.20 bits per heavy atom. The molecule has 0 fully saturated rings. The van der Waals surface area contributed by atoms with Crippen molar-refractivity contribution >= 4 is 39.2 Å². The molecule has 0 saturated carbocycles. The van der Waals surface area contributed by atoms with Gasteiger partial charge in [-0.3, -0.25) is 14.9 Å². The summed E-state index contributed by atoms with van der Waals surface area (Å²) < 4.78 is 5.17. The fraction of sp³-hybridized carbons (Fsp3) is 0.176. The van der Waals surface area contributed by atoms with Crippen LogP contribution in [0.15, 0.2) is 40.9 Å². The molecule has 2 rings (SSSR count). The second-order valence-electron chi connectivity index (χ2n) is 5.37. The van der Waals surface area contributed by atoms with E-state index in [1.165, 1.54) is 12.1 Å². The van der Waals surface area contributed by atoms with Crippen LogP contribution in [-0.2, 0) is 9.53 Å². The molecule has 0 bridgehead atoms. The number of anilines is 1. The molecule has 0 radical (unpaired) electrons. The summed E-state index contributed by atoms with van der Waals surface area (Å²) in [6.07, 6.45) is 0. The number of halogens is 1. The molecule has 2 aromatic carbocycles. The van der Waals surface area contributed by atoms with E-state index in [4.69, 9.17) is 4.74 Å². The Balaban J connectivity index is 2.00. The van der Waals surface area contributed by atoms with Crippen molar-refractivity contribution < 1.29 is 19.2 Å². The van der Waals surface area contributed by atoms with Crippen molar-refractivity contribution in [2.45, 2.75) is 13.8 Å². The van der Waals surface area contributed by atoms with Gasteiger partial charge in [0.25, 0.3) is 11.6 Å². The highest BCUT2D eigenvalue weighted by Crippen LogP contribution is 2.26. The average Bonchev–Trinajstić information content (AvgIpc) is 2.56. The van der Waals surface area contributed by atoms with E-state index in [1.54, 1.807) is 0 Å². The normalized spacial score (nSPS) is 10.2. The van der Waals surface area contributed by atoms with Gasteiger partial charge in [-0.1, -0.05) is 12.1 Å². The zero-order valence-electron chi connectivity index (χ0n) is 13.5. The Morgan fingerprint density at radius 3 is 2.60 bits per heavy atom. The maximum absolute atomic E-state index is 12.0. The van der Waals surface area contributed by atoms with Crippen LogP contribution >= 0.6 is 15.9 Å². The first-order valence-corrected chi connectivity index (χ1v) is 8.05. The maximum Gasteiger partial charge on any atom is 0.338 e. The van der Waals surface area contributed by atoms with Crippen molar-refractivity contribution in [3.05, 3.63) is 67.7 Å². The van der Waals surface area contributed by atoms with E-state index in [1.807, 2.05) is 32.0 Å². The number of nitro groups is 1. The van der Waals surface area contributed by atoms with Crippen LogP contribution in [0.5, 0.6) is 0 Å². The van der Waals surface area contributed by atoms with E-state index in [0.717, 1.165) is 17.2 Å². The van der Waals surface area contributed by atoms with Crippen molar-refractivity contribution in [2.75, 3.05) is 11.9 Å². The summed E-state index contributed by atoms with van der Waals surface area (Å²) in [6, 6.07) is 9.46. The van der Waals surface area contributed by atoms with Crippen LogP contribution < -0.4 is 5.32 Å². The van der Waals surface area contributed by atoms with Gasteiger partial charge in [-0.05, 0) is 59.1 Å². The van der Waals surface area contributed by atoms with Crippen molar-refractivity contribution in [1.82, 2.24) is 0 Å². The summed E-state index contributed by atoms with van der Waals surface area (Å²) in [5, 5.41) is 13.5. The largest absolute Gasteiger partial charge is 0.452 e. The Hall–Kier alpha value is -2.74. The lowest BCUT2D eigenvalue weighted by molar-refractivity contribution is -0.385. The monoisotopic (exact) mass is 406 g/mol. The Kier molecular flexibility index (Phi) is 5.87. The SMILES string of the molecule is Cc1ccc(C)c(NC(=O)COC(=O)c2ccc(Br)c([N+](=O)[O-])c2)c1. The molecule has 0 saturated heterocycles. The number of esters is 1. The number of benzene rings is 2. The van der Waals surface area contributed by atoms with Crippen LogP contribution in [0.3, 0.4) is 0 Å². The number of rotatable bonds is 5. The number of amides is 1. The molecule has 0 aliphatic heterocycles. The minimum absolute atomic E-state index is 0.00515. The molecule has 0 spiro atoms. The Morgan fingerprint density at radius 2 is 1.92 bits per heavy atom. The maximum atomic E-state index is 12.0. The summed E-state index contributed by atoms with van der Waals surface area (Å²) in [5.74, 6) is -1.31. The molecule has 25 heavy (non-hydrogen) atoms. The summed E-state index contributed by atoms with van der Waals surface area (Å²) >= 11 is 3.03. The lowest BCUT2D eigenvalue weighted by Gasteiger charge is -2.10. The van der Waals surface area contributed by atoms with Gasteiger partial charge in [0.2, 0.25) is 0 Å². The molecule has 130 valence electrons. The molecule has 7 nitrogen and oxygen atoms in total. The lowest BCUT2D eigenvalue weighted by Crippen LogP contribution is -2.21. The smallest absolute Gasteiger partial charge is 0.338 e. The lowest BCUT2D eigenvalue weighted by atomic mass is 10.1. The number of hydrogen-bond donors (Lipinski definition) is 1. The van der Waals surface area contributed by atoms with Gasteiger partial charge in [0, 0.05) is 11.8 Å². The highest BCUT2D eigenvalue weighted by atomic mass is 79.9. The molecule has 8 heteroatoms. The van der Waals surface area contributed by atoms with E-state index in [-0.39, 0.29) is 15.7 Å². The predicted octanol–water partition coefficient (Wildman–Crippen LogP) is 3.77. The van der Waals surface area contributed by atoms with Crippen LogP contribution in [0.2, 0.25) is 0 Å². The number of carbonyl (C=O) groups is 2. The molecule has 1 amide bonds. The Labute approximate surface area is 152 Å². The van der Waals surface area contributed by atoms with Crippen LogP contribution in [0.1, 0.15) is 21.5 Å². The fourth-order valence-corrected chi connectivity index (χ4v) is 2.44. The van der Waals surface area contributed by atoms with E-state index in [2.05, 4.69) is 21.2 Å². The van der Waals surface area contributed by atoms with Crippen LogP contribution in [0.4, 0.5) is 11.4 Å². The highest BCUT2D eigenvalue weighted by molar-refractivity contribution is 9.10. The number of nitrogens with one attached hydrogen (secondary N) is 1. The van der Waals surface area contributed by atoms with E-state index in [9.17, 15) is 19.7 Å². The second-order valence-corrected chi connectivity index (χ2v) is 6.22. The van der Waals surface area contributed by atoms with Crippen LogP contribution in [0.25, 0.3) is 0 Å². The number of carbonyl (C=O) groups excluding carboxylic acids is 2. The van der Waals surface area contributed by atoms with E-state index < -0.39 is 23.4 Å². The molecule has 0 atom stereocenters. The fourth-order valence-electron chi connectivity index (χ4n) is 2.05. The third-order valence-corrected chi connectivity index (χ3v) is 4.05. The average molecular weight is 407 g/mol. The number of nitro benzene ring substituents is 1. The van der Waals surface area contributed by atoms with Crippen LogP contribution in [0, 0.1) is 24.0 Å². The highest BCUT2D eigenvalue weighted by Gasteiger charge is 2.17.